The van der Waals surface area contributed by atoms with Gasteiger partial charge in [-0.25, -0.2) is 0 Å². The third-order valence-electron chi connectivity index (χ3n) is 1.67. The minimum Gasteiger partial charge on any atom is -0.493 e. The van der Waals surface area contributed by atoms with Crippen LogP contribution in [-0.4, -0.2) is 24.2 Å². The number of ether oxygens (including phenoxy) is 1. The predicted molar refractivity (Wildman–Crippen MR) is 67.9 cm³/mol. The lowest BCUT2D eigenvalue weighted by atomic mass is 10.3. The van der Waals surface area contributed by atoms with Crippen LogP contribution >= 0.6 is 23.4 Å². The van der Waals surface area contributed by atoms with Gasteiger partial charge in [0.25, 0.3) is 0 Å². The van der Waals surface area contributed by atoms with Gasteiger partial charge >= 0.3 is 0 Å². The highest BCUT2D eigenvalue weighted by Crippen LogP contribution is 2.17. The van der Waals surface area contributed by atoms with Crippen LogP contribution in [0.15, 0.2) is 24.3 Å². The Labute approximate surface area is 100 Å². The molecule has 15 heavy (non-hydrogen) atoms. The zero-order chi connectivity index (χ0) is 11.1. The molecule has 1 aromatic rings. The van der Waals surface area contributed by atoms with Gasteiger partial charge in [0.05, 0.1) is 6.61 Å². The summed E-state index contributed by atoms with van der Waals surface area (Å²) in [7, 11) is 0. The van der Waals surface area contributed by atoms with Gasteiger partial charge in [-0.3, -0.25) is 0 Å². The highest BCUT2D eigenvalue weighted by atomic mass is 35.5. The smallest absolute Gasteiger partial charge is 0.120 e. The summed E-state index contributed by atoms with van der Waals surface area (Å²) in [5, 5.41) is 0.704. The van der Waals surface area contributed by atoms with Crippen LogP contribution in [0.25, 0.3) is 0 Å². The van der Waals surface area contributed by atoms with E-state index in [-0.39, 0.29) is 6.04 Å². The largest absolute Gasteiger partial charge is 0.493 e. The Kier molecular flexibility index (Phi) is 5.91. The predicted octanol–water partition coefficient (Wildman–Crippen LogP) is 2.80. The van der Waals surface area contributed by atoms with Crippen LogP contribution in [0.3, 0.4) is 0 Å². The lowest BCUT2D eigenvalue weighted by Gasteiger charge is -2.07. The Bertz CT molecular complexity index is 294. The van der Waals surface area contributed by atoms with Gasteiger partial charge in [-0.05, 0) is 25.1 Å². The average Bonchev–Trinajstić information content (AvgIpc) is 2.17. The van der Waals surface area contributed by atoms with Gasteiger partial charge in [0, 0.05) is 22.6 Å². The second-order valence-electron chi connectivity index (χ2n) is 3.36. The van der Waals surface area contributed by atoms with Gasteiger partial charge < -0.3 is 10.5 Å². The summed E-state index contributed by atoms with van der Waals surface area (Å²) in [6.07, 6.45) is 0. The fraction of sp³-hybridized carbons (Fsp3) is 0.455. The third-order valence-corrected chi connectivity index (χ3v) is 3.13. The molecule has 0 fully saturated rings. The summed E-state index contributed by atoms with van der Waals surface area (Å²) in [5.74, 6) is 2.75. The Morgan fingerprint density at radius 1 is 1.53 bits per heavy atom. The van der Waals surface area contributed by atoms with Crippen LogP contribution in [0.5, 0.6) is 5.75 Å². The molecule has 1 unspecified atom stereocenters. The van der Waals surface area contributed by atoms with Gasteiger partial charge in [-0.1, -0.05) is 17.7 Å². The Morgan fingerprint density at radius 3 is 3.00 bits per heavy atom. The number of thioether (sulfide) groups is 1. The van der Waals surface area contributed by atoms with Crippen LogP contribution in [0.4, 0.5) is 0 Å². The molecule has 0 bridgehead atoms. The molecular formula is C11H16ClNOS. The van der Waals surface area contributed by atoms with E-state index in [0.29, 0.717) is 11.6 Å². The maximum absolute atomic E-state index is 5.82. The van der Waals surface area contributed by atoms with E-state index in [1.165, 1.54) is 0 Å². The molecule has 0 aliphatic heterocycles. The van der Waals surface area contributed by atoms with Crippen molar-refractivity contribution in [2.45, 2.75) is 13.0 Å². The van der Waals surface area contributed by atoms with E-state index in [2.05, 4.69) is 0 Å². The van der Waals surface area contributed by atoms with E-state index in [1.807, 2.05) is 31.2 Å². The molecule has 2 nitrogen and oxygen atoms in total. The van der Waals surface area contributed by atoms with Crippen molar-refractivity contribution in [1.82, 2.24) is 0 Å². The lowest BCUT2D eigenvalue weighted by Crippen LogP contribution is -2.18. The van der Waals surface area contributed by atoms with Gasteiger partial charge in [-0.15, -0.1) is 0 Å². The number of benzene rings is 1. The standard InChI is InChI=1S/C11H16ClNOS/c1-9(13)8-15-6-5-14-11-4-2-3-10(12)7-11/h2-4,7,9H,5-6,8,13H2,1H3. The fourth-order valence-corrected chi connectivity index (χ4v) is 1.96. The van der Waals surface area contributed by atoms with E-state index >= 15 is 0 Å². The van der Waals surface area contributed by atoms with Crippen LogP contribution in [0, 0.1) is 0 Å². The van der Waals surface area contributed by atoms with E-state index in [0.717, 1.165) is 17.3 Å². The molecule has 84 valence electrons. The first-order valence-electron chi connectivity index (χ1n) is 4.90. The maximum Gasteiger partial charge on any atom is 0.120 e. The molecule has 0 heterocycles. The molecule has 0 saturated carbocycles. The SMILES string of the molecule is CC(N)CSCCOc1cccc(Cl)c1. The van der Waals surface area contributed by atoms with Crippen molar-refractivity contribution in [3.05, 3.63) is 29.3 Å². The van der Waals surface area contributed by atoms with Crippen molar-refractivity contribution >= 4 is 23.4 Å². The van der Waals surface area contributed by atoms with Crippen molar-refractivity contribution < 1.29 is 4.74 Å². The number of hydrogen-bond acceptors (Lipinski definition) is 3. The van der Waals surface area contributed by atoms with E-state index < -0.39 is 0 Å². The number of halogens is 1. The first-order valence-corrected chi connectivity index (χ1v) is 6.43. The number of nitrogens with two attached hydrogens (primary N) is 1. The molecule has 0 saturated heterocycles. The van der Waals surface area contributed by atoms with Crippen molar-refractivity contribution in [2.75, 3.05) is 18.1 Å². The first-order chi connectivity index (χ1) is 7.18. The zero-order valence-electron chi connectivity index (χ0n) is 8.78. The van der Waals surface area contributed by atoms with Crippen molar-refractivity contribution in [2.24, 2.45) is 5.73 Å². The van der Waals surface area contributed by atoms with E-state index in [1.54, 1.807) is 11.8 Å². The van der Waals surface area contributed by atoms with E-state index in [4.69, 9.17) is 22.1 Å². The highest BCUT2D eigenvalue weighted by Gasteiger charge is 1.96. The average molecular weight is 246 g/mol. The molecule has 4 heteroatoms. The molecule has 0 spiro atoms. The Balaban J connectivity index is 2.15. The van der Waals surface area contributed by atoms with Crippen LogP contribution in [0.1, 0.15) is 6.92 Å². The molecule has 2 N–H and O–H groups in total. The third kappa shape index (κ3) is 5.92. The van der Waals surface area contributed by atoms with Gasteiger partial charge in [-0.2, -0.15) is 11.8 Å². The fourth-order valence-electron chi connectivity index (χ4n) is 1.04. The minimum atomic E-state index is 0.251. The van der Waals surface area contributed by atoms with Gasteiger partial charge in [0.15, 0.2) is 0 Å². The molecule has 1 rings (SSSR count). The summed E-state index contributed by atoms with van der Waals surface area (Å²) < 4.78 is 5.52. The maximum atomic E-state index is 5.82. The molecule has 1 atom stereocenters. The molecule has 0 aromatic heterocycles. The first kappa shape index (κ1) is 12.7. The van der Waals surface area contributed by atoms with Crippen molar-refractivity contribution in [3.8, 4) is 5.75 Å². The summed E-state index contributed by atoms with van der Waals surface area (Å²) in [6, 6.07) is 7.69. The van der Waals surface area contributed by atoms with Crippen LogP contribution in [0.2, 0.25) is 5.02 Å². The monoisotopic (exact) mass is 245 g/mol. The summed E-state index contributed by atoms with van der Waals surface area (Å²) >= 11 is 7.63. The van der Waals surface area contributed by atoms with Crippen LogP contribution in [-0.2, 0) is 0 Å². The molecule has 0 radical (unpaired) electrons. The summed E-state index contributed by atoms with van der Waals surface area (Å²) in [4.78, 5) is 0. The van der Waals surface area contributed by atoms with Crippen LogP contribution < -0.4 is 10.5 Å². The normalized spacial score (nSPS) is 12.5. The molecule has 0 amide bonds. The second kappa shape index (κ2) is 6.99. The Hall–Kier alpha value is -0.380. The van der Waals surface area contributed by atoms with Gasteiger partial charge in [0.1, 0.15) is 5.75 Å². The molecular weight excluding hydrogens is 230 g/mol. The molecule has 1 aromatic carbocycles. The summed E-state index contributed by atoms with van der Waals surface area (Å²) in [6.45, 7) is 2.70. The number of rotatable bonds is 6. The number of hydrogen-bond donors (Lipinski definition) is 1. The van der Waals surface area contributed by atoms with Gasteiger partial charge in [0.2, 0.25) is 0 Å². The quantitative estimate of drug-likeness (QED) is 0.783. The lowest BCUT2D eigenvalue weighted by molar-refractivity contribution is 0.344. The topological polar surface area (TPSA) is 35.2 Å². The minimum absolute atomic E-state index is 0.251. The molecule has 0 aliphatic rings. The summed E-state index contributed by atoms with van der Waals surface area (Å²) in [5.41, 5.74) is 5.63. The second-order valence-corrected chi connectivity index (χ2v) is 4.94. The van der Waals surface area contributed by atoms with E-state index in [9.17, 15) is 0 Å². The van der Waals surface area contributed by atoms with Crippen molar-refractivity contribution in [3.63, 3.8) is 0 Å². The highest BCUT2D eigenvalue weighted by molar-refractivity contribution is 7.99. The Morgan fingerprint density at radius 2 is 2.33 bits per heavy atom. The zero-order valence-corrected chi connectivity index (χ0v) is 10.4. The van der Waals surface area contributed by atoms with Crippen molar-refractivity contribution in [1.29, 1.82) is 0 Å². The molecule has 0 aliphatic carbocycles.